The number of benzene rings is 6. The Bertz CT molecular complexity index is 5120. The molecule has 2 saturated carbocycles. The summed E-state index contributed by atoms with van der Waals surface area (Å²) in [6.45, 7) is 22.0. The van der Waals surface area contributed by atoms with Gasteiger partial charge in [0.2, 0.25) is 22.6 Å². The number of pyridine rings is 6. The van der Waals surface area contributed by atoms with Gasteiger partial charge in [0.1, 0.15) is 27.0 Å². The molecule has 6 aromatic heterocycles. The molecule has 472 valence electrons. The van der Waals surface area contributed by atoms with Crippen molar-refractivity contribution in [3.05, 3.63) is 273 Å². The lowest BCUT2D eigenvalue weighted by molar-refractivity contribution is -0.660. The van der Waals surface area contributed by atoms with Crippen LogP contribution in [0.1, 0.15) is 144 Å². The van der Waals surface area contributed by atoms with Gasteiger partial charge in [0, 0.05) is 107 Å². The van der Waals surface area contributed by atoms with Crippen LogP contribution in [0.15, 0.2) is 188 Å². The number of halogens is 1. The molecule has 5 aliphatic rings. The number of aromatic nitrogens is 6. The van der Waals surface area contributed by atoms with Crippen LogP contribution in [-0.4, -0.2) is 15.0 Å². The molecule has 6 heterocycles. The van der Waals surface area contributed by atoms with E-state index in [9.17, 15) is 4.39 Å². The monoisotopic (exact) mass is 1250 g/mol. The van der Waals surface area contributed by atoms with Gasteiger partial charge in [-0.2, -0.15) is 4.57 Å². The maximum Gasteiger partial charge on any atom is 0.213 e. The zero-order valence-electron chi connectivity index (χ0n) is 57.6. The van der Waals surface area contributed by atoms with Gasteiger partial charge in [0.25, 0.3) is 0 Å². The second kappa shape index (κ2) is 23.4. The first kappa shape index (κ1) is 61.6. The van der Waals surface area contributed by atoms with Crippen molar-refractivity contribution in [2.24, 2.45) is 21.1 Å². The average Bonchev–Trinajstić information content (AvgIpc) is 1.57. The number of hydrogen-bond donors (Lipinski definition) is 0. The fourth-order valence-electron chi connectivity index (χ4n) is 17.3. The predicted molar refractivity (Wildman–Crippen MR) is 386 cm³/mol. The van der Waals surface area contributed by atoms with Gasteiger partial charge in [-0.25, -0.2) is 13.5 Å². The minimum absolute atomic E-state index is 0.0564. The van der Waals surface area contributed by atoms with Gasteiger partial charge in [-0.3, -0.25) is 15.0 Å². The number of para-hydroxylation sites is 1. The molecule has 0 saturated heterocycles. The molecular formula is C88H86FN6+3. The first-order chi connectivity index (χ1) is 45.7. The Labute approximate surface area is 561 Å². The molecule has 0 bridgehead atoms. The van der Waals surface area contributed by atoms with Crippen LogP contribution in [0.5, 0.6) is 0 Å². The Morgan fingerprint density at radius 1 is 0.347 bits per heavy atom. The highest BCUT2D eigenvalue weighted by Gasteiger charge is 2.49. The van der Waals surface area contributed by atoms with E-state index in [0.717, 1.165) is 28.2 Å². The molecule has 0 radical (unpaired) electrons. The maximum atomic E-state index is 13.5. The van der Waals surface area contributed by atoms with Crippen molar-refractivity contribution >= 4 is 10.9 Å². The minimum Gasteiger partial charge on any atom is -0.257 e. The molecule has 95 heavy (non-hydrogen) atoms. The minimum atomic E-state index is -0.206. The normalized spacial score (nSPS) is 15.2. The van der Waals surface area contributed by atoms with Crippen LogP contribution < -0.4 is 13.7 Å². The number of fused-ring (bicyclic) bond motifs is 14. The smallest absolute Gasteiger partial charge is 0.213 e. The van der Waals surface area contributed by atoms with Gasteiger partial charge in [-0.15, -0.1) is 0 Å². The summed E-state index contributed by atoms with van der Waals surface area (Å²) in [4.78, 5) is 15.1. The van der Waals surface area contributed by atoms with Crippen molar-refractivity contribution in [1.82, 2.24) is 15.0 Å². The molecule has 12 aromatic rings. The highest BCUT2D eigenvalue weighted by atomic mass is 19.1. The first-order valence-electron chi connectivity index (χ1n) is 34.3. The van der Waals surface area contributed by atoms with Gasteiger partial charge in [0.05, 0.1) is 17.1 Å². The first-order valence-corrected chi connectivity index (χ1v) is 34.3. The second-order valence-corrected chi connectivity index (χ2v) is 28.8. The summed E-state index contributed by atoms with van der Waals surface area (Å²) in [6, 6.07) is 62.9. The molecule has 0 aliphatic heterocycles. The zero-order chi connectivity index (χ0) is 66.0. The summed E-state index contributed by atoms with van der Waals surface area (Å²) in [7, 11) is 6.45. The molecule has 0 unspecified atom stereocenters. The van der Waals surface area contributed by atoms with E-state index in [-0.39, 0.29) is 22.1 Å². The highest BCUT2D eigenvalue weighted by Crippen LogP contribution is 2.59. The predicted octanol–water partition coefficient (Wildman–Crippen LogP) is 19.8. The molecule has 2 fully saturated rings. The molecular weight excluding hydrogens is 1160 g/mol. The molecule has 17 rings (SSSR count). The zero-order valence-corrected chi connectivity index (χ0v) is 57.6. The number of hydrogen-bond acceptors (Lipinski definition) is 3. The summed E-state index contributed by atoms with van der Waals surface area (Å²) < 4.78 is 20.3. The Hall–Kier alpha value is -9.59. The van der Waals surface area contributed by atoms with Gasteiger partial charge >= 0.3 is 0 Å². The summed E-state index contributed by atoms with van der Waals surface area (Å²) in [5.41, 5.74) is 39.6. The fraction of sp³-hybridized carbons (Fsp3) is 0.273. The van der Waals surface area contributed by atoms with Gasteiger partial charge in [-0.1, -0.05) is 131 Å². The van der Waals surface area contributed by atoms with Crippen molar-refractivity contribution in [2.75, 3.05) is 0 Å². The van der Waals surface area contributed by atoms with Crippen molar-refractivity contribution in [3.63, 3.8) is 0 Å². The third-order valence-electron chi connectivity index (χ3n) is 22.3. The van der Waals surface area contributed by atoms with E-state index in [2.05, 4.69) is 268 Å². The lowest BCUT2D eigenvalue weighted by Gasteiger charge is -2.26. The van der Waals surface area contributed by atoms with Crippen LogP contribution in [0.25, 0.3) is 100 Å². The average molecular weight is 1250 g/mol. The summed E-state index contributed by atoms with van der Waals surface area (Å²) in [5, 5.41) is 1.26. The quantitative estimate of drug-likeness (QED) is 0.161. The van der Waals surface area contributed by atoms with Crippen LogP contribution >= 0.6 is 0 Å². The van der Waals surface area contributed by atoms with E-state index in [0.29, 0.717) is 0 Å². The molecule has 0 N–H and O–H groups in total. The van der Waals surface area contributed by atoms with Crippen LogP contribution in [0.4, 0.5) is 4.39 Å². The fourth-order valence-corrected chi connectivity index (χ4v) is 17.3. The Morgan fingerprint density at radius 3 is 1.24 bits per heavy atom. The van der Waals surface area contributed by atoms with E-state index in [1.54, 1.807) is 0 Å². The topological polar surface area (TPSA) is 50.3 Å². The Balaban J connectivity index is 0.000000118. The van der Waals surface area contributed by atoms with Crippen molar-refractivity contribution in [1.29, 1.82) is 0 Å². The third kappa shape index (κ3) is 10.2. The number of rotatable bonds is 5. The van der Waals surface area contributed by atoms with E-state index in [1.807, 2.05) is 12.1 Å². The molecule has 7 heteroatoms. The van der Waals surface area contributed by atoms with Crippen LogP contribution in [0.3, 0.4) is 0 Å². The number of aryl methyl sites for hydroxylation is 11. The van der Waals surface area contributed by atoms with Gasteiger partial charge < -0.3 is 0 Å². The van der Waals surface area contributed by atoms with E-state index in [1.165, 1.54) is 214 Å². The standard InChI is InChI=1S/C31H30FN2.C31H31N2.C26H25N2/c1-19-15-26-24-12-7-21(3)33-30(24)31(13-5-6-14-31)28(26)17-25(19)29-16-20(2)27(18-34(29)4)22-8-10-23(32)11-9-22;1-20-16-26-24-13-12-22(3)32-30(24)31(14-8-9-15-31)28(26)18-25(20)29-17-21(2)27(19-33(29)4)23-10-6-5-7-11-23;1-16-14-21-19-12-10-17(2)27-25(19)26(3,4)22(21)15-20(16)24-13-11-18-8-6-7-9-23(18)28(24)5/h7-12,15-18H,5-6,13-14H2,1-4H3;5-7,10-13,16-19H,8-9,14-15H2,1-4H3;6-15H,1-5H3/q3*+1. The lowest BCUT2D eigenvalue weighted by atomic mass is 9.78. The van der Waals surface area contributed by atoms with Gasteiger partial charge in [0.15, 0.2) is 12.4 Å². The summed E-state index contributed by atoms with van der Waals surface area (Å²) in [5.74, 6) is -0.206. The second-order valence-electron chi connectivity index (χ2n) is 28.8. The van der Waals surface area contributed by atoms with Crippen molar-refractivity contribution in [2.45, 2.75) is 137 Å². The highest BCUT2D eigenvalue weighted by molar-refractivity contribution is 5.88. The van der Waals surface area contributed by atoms with Crippen LogP contribution in [-0.2, 0) is 37.4 Å². The molecule has 5 aliphatic carbocycles. The van der Waals surface area contributed by atoms with E-state index in [4.69, 9.17) is 15.0 Å². The molecule has 6 nitrogen and oxygen atoms in total. The number of nitrogens with zero attached hydrogens (tertiary/aromatic N) is 6. The third-order valence-corrected chi connectivity index (χ3v) is 22.3. The van der Waals surface area contributed by atoms with Crippen molar-refractivity contribution in [3.8, 4) is 89.4 Å². The molecule has 0 amide bonds. The largest absolute Gasteiger partial charge is 0.257 e. The lowest BCUT2D eigenvalue weighted by Crippen LogP contribution is -2.32. The summed E-state index contributed by atoms with van der Waals surface area (Å²) in [6.07, 6.45) is 14.4. The molecule has 2 spiro atoms. The van der Waals surface area contributed by atoms with E-state index >= 15 is 0 Å². The maximum absolute atomic E-state index is 13.5. The van der Waals surface area contributed by atoms with Crippen molar-refractivity contribution < 1.29 is 18.1 Å². The van der Waals surface area contributed by atoms with E-state index < -0.39 is 0 Å². The molecule has 6 aromatic carbocycles. The SMILES string of the molecule is Cc1ccc2c(n1)C(C)(C)c1cc(-c3ccc4ccccc4[n+]3C)c(C)cc1-2.Cc1ccc2c(n1)C1(CCCC1)c1cc(-c3cc(C)c(-c4ccc(F)cc4)c[n+]3C)c(C)cc1-2.Cc1ccc2c(n1)C1(CCCC1)c1cc(-c3cc(C)c(-c4ccccc4)c[n+]3C)c(C)cc1-2. The molecule has 0 atom stereocenters. The Kier molecular flexibility index (Phi) is 15.2. The summed E-state index contributed by atoms with van der Waals surface area (Å²) >= 11 is 0. The van der Waals surface area contributed by atoms with Gasteiger partial charge in [-0.05, 0) is 214 Å². The van der Waals surface area contributed by atoms with Crippen LogP contribution in [0, 0.1) is 61.2 Å². The Morgan fingerprint density at radius 2 is 0.747 bits per heavy atom. The van der Waals surface area contributed by atoms with Crippen LogP contribution in [0.2, 0.25) is 0 Å².